The third-order valence-corrected chi connectivity index (χ3v) is 4.56. The van der Waals surface area contributed by atoms with Gasteiger partial charge in [-0.1, -0.05) is 17.8 Å². The third-order valence-electron chi connectivity index (χ3n) is 2.62. The Bertz CT molecular complexity index is 614. The van der Waals surface area contributed by atoms with Crippen molar-refractivity contribution in [1.82, 2.24) is 10.3 Å². The minimum absolute atomic E-state index is 0.119. The summed E-state index contributed by atoms with van der Waals surface area (Å²) in [6.07, 6.45) is 2.32. The van der Waals surface area contributed by atoms with Crippen molar-refractivity contribution in [2.24, 2.45) is 0 Å². The van der Waals surface area contributed by atoms with Gasteiger partial charge in [0.1, 0.15) is 5.03 Å². The lowest BCUT2D eigenvalue weighted by Gasteiger charge is -2.05. The van der Waals surface area contributed by atoms with Gasteiger partial charge in [-0.05, 0) is 30.0 Å². The lowest BCUT2D eigenvalue weighted by molar-refractivity contribution is -0.118. The summed E-state index contributed by atoms with van der Waals surface area (Å²) in [5, 5.41) is 14.2. The molecule has 0 aliphatic carbocycles. The summed E-state index contributed by atoms with van der Waals surface area (Å²) in [5.74, 6) is -1.01. The maximum atomic E-state index is 11.7. The minimum atomic E-state index is -1.04. The number of hydrogen-bond acceptors (Lipinski definition) is 5. The van der Waals surface area contributed by atoms with E-state index >= 15 is 0 Å². The van der Waals surface area contributed by atoms with Gasteiger partial charge < -0.3 is 10.4 Å². The molecule has 7 heteroatoms. The zero-order valence-corrected chi connectivity index (χ0v) is 12.7. The van der Waals surface area contributed by atoms with Gasteiger partial charge >= 0.3 is 5.97 Å². The second-order valence-corrected chi connectivity index (χ2v) is 6.13. The van der Waals surface area contributed by atoms with Gasteiger partial charge in [0.25, 0.3) is 0 Å². The van der Waals surface area contributed by atoms with E-state index in [1.54, 1.807) is 17.4 Å². The fourth-order valence-electron chi connectivity index (χ4n) is 1.63. The smallest absolute Gasteiger partial charge is 0.338 e. The van der Waals surface area contributed by atoms with Crippen LogP contribution in [0.5, 0.6) is 0 Å². The van der Waals surface area contributed by atoms with Crippen molar-refractivity contribution in [1.29, 1.82) is 0 Å². The highest BCUT2D eigenvalue weighted by atomic mass is 32.2. The fraction of sp³-hybridized carbons (Fsp3) is 0.214. The molecule has 0 aliphatic heterocycles. The monoisotopic (exact) mass is 322 g/mol. The number of carboxylic acid groups (broad SMARTS) is 1. The molecule has 0 spiro atoms. The van der Waals surface area contributed by atoms with Crippen LogP contribution in [0.3, 0.4) is 0 Å². The maximum Gasteiger partial charge on any atom is 0.338 e. The van der Waals surface area contributed by atoms with Gasteiger partial charge in [-0.25, -0.2) is 9.78 Å². The van der Waals surface area contributed by atoms with Gasteiger partial charge in [0, 0.05) is 17.6 Å². The molecule has 5 nitrogen and oxygen atoms in total. The Morgan fingerprint density at radius 3 is 2.90 bits per heavy atom. The molecule has 2 rings (SSSR count). The van der Waals surface area contributed by atoms with Crippen molar-refractivity contribution in [3.05, 3.63) is 46.3 Å². The summed E-state index contributed by atoms with van der Waals surface area (Å²) in [6.45, 7) is 0.577. The van der Waals surface area contributed by atoms with Crippen LogP contribution in [0, 0.1) is 0 Å². The number of rotatable bonds is 7. The first-order valence-electron chi connectivity index (χ1n) is 6.27. The highest BCUT2D eigenvalue weighted by Crippen LogP contribution is 2.19. The number of pyridine rings is 1. The first kappa shape index (κ1) is 15.5. The quantitative estimate of drug-likeness (QED) is 0.765. The molecule has 0 fully saturated rings. The molecule has 0 atom stereocenters. The van der Waals surface area contributed by atoms with E-state index in [-0.39, 0.29) is 17.2 Å². The van der Waals surface area contributed by atoms with Crippen LogP contribution in [0.15, 0.2) is 40.9 Å². The number of carbonyl (C=O) groups excluding carboxylic acids is 1. The van der Waals surface area contributed by atoms with Crippen LogP contribution in [0.2, 0.25) is 0 Å². The van der Waals surface area contributed by atoms with Gasteiger partial charge in [-0.15, -0.1) is 11.3 Å². The predicted molar refractivity (Wildman–Crippen MR) is 83.0 cm³/mol. The van der Waals surface area contributed by atoms with E-state index in [9.17, 15) is 9.59 Å². The van der Waals surface area contributed by atoms with Crippen molar-refractivity contribution < 1.29 is 14.7 Å². The topological polar surface area (TPSA) is 79.3 Å². The van der Waals surface area contributed by atoms with Crippen LogP contribution in [0.1, 0.15) is 15.2 Å². The highest BCUT2D eigenvalue weighted by Gasteiger charge is 2.12. The zero-order chi connectivity index (χ0) is 15.1. The van der Waals surface area contributed by atoms with Crippen LogP contribution < -0.4 is 5.32 Å². The summed E-state index contributed by atoms with van der Waals surface area (Å²) in [4.78, 5) is 28.0. The molecule has 110 valence electrons. The molecular formula is C14H14N2O3S2. The van der Waals surface area contributed by atoms with E-state index in [0.717, 1.165) is 18.2 Å². The number of thioether (sulfide) groups is 1. The third kappa shape index (κ3) is 4.87. The van der Waals surface area contributed by atoms with Crippen LogP contribution >= 0.6 is 23.1 Å². The number of nitrogens with one attached hydrogen (secondary N) is 1. The zero-order valence-electron chi connectivity index (χ0n) is 11.1. The van der Waals surface area contributed by atoms with Gasteiger partial charge in [0.2, 0.25) is 5.91 Å². The minimum Gasteiger partial charge on any atom is -0.478 e. The van der Waals surface area contributed by atoms with E-state index in [4.69, 9.17) is 5.11 Å². The number of carboxylic acids is 1. The maximum absolute atomic E-state index is 11.7. The number of nitrogens with zero attached hydrogens (tertiary/aromatic N) is 1. The molecule has 0 radical (unpaired) electrons. The van der Waals surface area contributed by atoms with E-state index in [2.05, 4.69) is 10.3 Å². The Balaban J connectivity index is 1.77. The molecule has 0 bridgehead atoms. The molecule has 0 aliphatic rings. The number of aromatic carboxylic acids is 1. The number of amides is 1. The SMILES string of the molecule is O=C(CSc1ncccc1C(=O)O)NCCc1cccs1. The number of carbonyl (C=O) groups is 2. The average Bonchev–Trinajstić information content (AvgIpc) is 2.98. The van der Waals surface area contributed by atoms with Gasteiger partial charge in [-0.2, -0.15) is 0 Å². The molecule has 0 aromatic carbocycles. The second-order valence-electron chi connectivity index (χ2n) is 4.13. The first-order chi connectivity index (χ1) is 10.2. The van der Waals surface area contributed by atoms with Crippen molar-refractivity contribution >= 4 is 35.0 Å². The summed E-state index contributed by atoms with van der Waals surface area (Å²) in [6, 6.07) is 7.05. The first-order valence-corrected chi connectivity index (χ1v) is 8.13. The van der Waals surface area contributed by atoms with Crippen molar-refractivity contribution in [2.45, 2.75) is 11.4 Å². The molecule has 2 N–H and O–H groups in total. The second kappa shape index (κ2) is 7.80. The molecule has 21 heavy (non-hydrogen) atoms. The number of hydrogen-bond donors (Lipinski definition) is 2. The van der Waals surface area contributed by atoms with E-state index in [1.807, 2.05) is 17.5 Å². The van der Waals surface area contributed by atoms with Gasteiger partial charge in [0.15, 0.2) is 0 Å². The number of aromatic nitrogens is 1. The number of thiophene rings is 1. The Kier molecular flexibility index (Phi) is 5.77. The Hall–Kier alpha value is -1.86. The Morgan fingerprint density at radius 1 is 1.33 bits per heavy atom. The molecular weight excluding hydrogens is 308 g/mol. The molecule has 0 saturated heterocycles. The summed E-state index contributed by atoms with van der Waals surface area (Å²) >= 11 is 2.79. The normalized spacial score (nSPS) is 10.3. The fourth-order valence-corrected chi connectivity index (χ4v) is 3.16. The average molecular weight is 322 g/mol. The van der Waals surface area contributed by atoms with Crippen LogP contribution in [-0.4, -0.2) is 34.3 Å². The van der Waals surface area contributed by atoms with Crippen LogP contribution in [0.4, 0.5) is 0 Å². The van der Waals surface area contributed by atoms with E-state index in [0.29, 0.717) is 11.6 Å². The highest BCUT2D eigenvalue weighted by molar-refractivity contribution is 8.00. The molecule has 2 aromatic heterocycles. The van der Waals surface area contributed by atoms with Crippen LogP contribution in [-0.2, 0) is 11.2 Å². The summed E-state index contributed by atoms with van der Waals surface area (Å²) in [7, 11) is 0. The lowest BCUT2D eigenvalue weighted by Crippen LogP contribution is -2.27. The Labute approximate surface area is 130 Å². The predicted octanol–water partition coefficient (Wildman–Crippen LogP) is 2.29. The molecule has 1 amide bonds. The standard InChI is InChI=1S/C14H14N2O3S2/c17-12(15-7-5-10-3-2-8-20-10)9-21-13-11(14(18)19)4-1-6-16-13/h1-4,6,8H,5,7,9H2,(H,15,17)(H,18,19). The van der Waals surface area contributed by atoms with Gasteiger partial charge in [0.05, 0.1) is 11.3 Å². The largest absolute Gasteiger partial charge is 0.478 e. The van der Waals surface area contributed by atoms with Crippen molar-refractivity contribution in [3.8, 4) is 0 Å². The summed E-state index contributed by atoms with van der Waals surface area (Å²) < 4.78 is 0. The van der Waals surface area contributed by atoms with E-state index < -0.39 is 5.97 Å². The molecule has 0 unspecified atom stereocenters. The molecule has 2 heterocycles. The summed E-state index contributed by atoms with van der Waals surface area (Å²) in [5.41, 5.74) is 0.119. The van der Waals surface area contributed by atoms with Crippen molar-refractivity contribution in [3.63, 3.8) is 0 Å². The molecule has 0 saturated carbocycles. The van der Waals surface area contributed by atoms with Gasteiger partial charge in [-0.3, -0.25) is 4.79 Å². The molecule has 2 aromatic rings. The lowest BCUT2D eigenvalue weighted by atomic mass is 10.3. The van der Waals surface area contributed by atoms with Crippen molar-refractivity contribution in [2.75, 3.05) is 12.3 Å². The van der Waals surface area contributed by atoms with Crippen LogP contribution in [0.25, 0.3) is 0 Å². The van der Waals surface area contributed by atoms with E-state index in [1.165, 1.54) is 17.1 Å². The Morgan fingerprint density at radius 2 is 2.19 bits per heavy atom.